The normalized spacial score (nSPS) is 12.0. The monoisotopic (exact) mass is 317 g/mol. The standard InChI is InChI=1S/C16H12ClNO2S/c1-12-3-2-4-13(9-12)10-16(11-18)21(19,20)15-7-5-14(17)6-8-15/h2-10H,1H3/b16-10+. The number of nitriles is 1. The van der Waals surface area contributed by atoms with Crippen LogP contribution in [-0.2, 0) is 9.84 Å². The molecular weight excluding hydrogens is 306 g/mol. The number of halogens is 1. The number of allylic oxidation sites excluding steroid dienone is 1. The minimum absolute atomic E-state index is 0.0485. The Labute approximate surface area is 129 Å². The van der Waals surface area contributed by atoms with Gasteiger partial charge in [-0.3, -0.25) is 0 Å². The van der Waals surface area contributed by atoms with Gasteiger partial charge in [-0.1, -0.05) is 41.4 Å². The third-order valence-corrected chi connectivity index (χ3v) is 4.80. The molecule has 21 heavy (non-hydrogen) atoms. The van der Waals surface area contributed by atoms with E-state index < -0.39 is 9.84 Å². The first-order chi connectivity index (χ1) is 9.93. The van der Waals surface area contributed by atoms with Crippen LogP contribution >= 0.6 is 11.6 Å². The molecule has 2 aromatic rings. The van der Waals surface area contributed by atoms with Gasteiger partial charge < -0.3 is 0 Å². The van der Waals surface area contributed by atoms with E-state index in [-0.39, 0.29) is 9.80 Å². The number of sulfone groups is 1. The summed E-state index contributed by atoms with van der Waals surface area (Å²) >= 11 is 5.75. The Morgan fingerprint density at radius 3 is 2.43 bits per heavy atom. The molecule has 106 valence electrons. The van der Waals surface area contributed by atoms with E-state index in [9.17, 15) is 13.7 Å². The van der Waals surface area contributed by atoms with Crippen LogP contribution in [0.25, 0.3) is 6.08 Å². The average molecular weight is 318 g/mol. The predicted molar refractivity (Wildman–Crippen MR) is 83.4 cm³/mol. The van der Waals surface area contributed by atoms with Crippen molar-refractivity contribution in [1.82, 2.24) is 0 Å². The highest BCUT2D eigenvalue weighted by Crippen LogP contribution is 2.23. The van der Waals surface area contributed by atoms with Crippen LogP contribution in [0.4, 0.5) is 0 Å². The van der Waals surface area contributed by atoms with E-state index in [1.165, 1.54) is 30.3 Å². The van der Waals surface area contributed by atoms with E-state index >= 15 is 0 Å². The zero-order valence-corrected chi connectivity index (χ0v) is 12.8. The Kier molecular flexibility index (Phi) is 4.46. The highest BCUT2D eigenvalue weighted by atomic mass is 35.5. The summed E-state index contributed by atoms with van der Waals surface area (Å²) in [4.78, 5) is -0.247. The summed E-state index contributed by atoms with van der Waals surface area (Å²) in [5, 5.41) is 9.62. The number of rotatable bonds is 3. The molecule has 0 spiro atoms. The fraction of sp³-hybridized carbons (Fsp3) is 0.0625. The van der Waals surface area contributed by atoms with Crippen molar-refractivity contribution in [1.29, 1.82) is 5.26 Å². The Morgan fingerprint density at radius 1 is 1.19 bits per heavy atom. The van der Waals surface area contributed by atoms with Crippen LogP contribution < -0.4 is 0 Å². The number of aryl methyl sites for hydroxylation is 1. The van der Waals surface area contributed by atoms with Crippen molar-refractivity contribution in [2.75, 3.05) is 0 Å². The molecule has 0 N–H and O–H groups in total. The summed E-state index contributed by atoms with van der Waals surface area (Å²) in [6.07, 6.45) is 1.37. The van der Waals surface area contributed by atoms with Gasteiger partial charge >= 0.3 is 0 Å². The molecule has 0 radical (unpaired) electrons. The van der Waals surface area contributed by atoms with Crippen LogP contribution in [0.15, 0.2) is 58.3 Å². The number of hydrogen-bond acceptors (Lipinski definition) is 3. The van der Waals surface area contributed by atoms with Gasteiger partial charge in [0.25, 0.3) is 0 Å². The van der Waals surface area contributed by atoms with Crippen LogP contribution in [0, 0.1) is 18.3 Å². The molecule has 0 heterocycles. The largest absolute Gasteiger partial charge is 0.218 e. The summed E-state index contributed by atoms with van der Waals surface area (Å²) in [5.74, 6) is 0. The van der Waals surface area contributed by atoms with E-state index in [1.807, 2.05) is 25.1 Å². The molecule has 0 aliphatic heterocycles. The maximum Gasteiger partial charge on any atom is 0.216 e. The van der Waals surface area contributed by atoms with E-state index in [2.05, 4.69) is 0 Å². The zero-order valence-electron chi connectivity index (χ0n) is 11.2. The summed E-state index contributed by atoms with van der Waals surface area (Å²) < 4.78 is 24.9. The second-order valence-corrected chi connectivity index (χ2v) is 6.85. The summed E-state index contributed by atoms with van der Waals surface area (Å²) in [6.45, 7) is 1.90. The van der Waals surface area contributed by atoms with Gasteiger partial charge in [-0.2, -0.15) is 5.26 Å². The molecule has 0 saturated carbocycles. The van der Waals surface area contributed by atoms with Crippen LogP contribution in [0.5, 0.6) is 0 Å². The molecular formula is C16H12ClNO2S. The van der Waals surface area contributed by atoms with E-state index in [1.54, 1.807) is 12.1 Å². The van der Waals surface area contributed by atoms with Gasteiger partial charge in [-0.05, 0) is 42.8 Å². The van der Waals surface area contributed by atoms with Crippen molar-refractivity contribution in [3.63, 3.8) is 0 Å². The van der Waals surface area contributed by atoms with E-state index in [4.69, 9.17) is 11.6 Å². The van der Waals surface area contributed by atoms with Crippen molar-refractivity contribution in [3.8, 4) is 6.07 Å². The molecule has 2 rings (SSSR count). The second-order valence-electron chi connectivity index (χ2n) is 4.49. The Balaban J connectivity index is 2.50. The second kappa shape index (κ2) is 6.13. The van der Waals surface area contributed by atoms with Gasteiger partial charge in [-0.25, -0.2) is 8.42 Å². The third-order valence-electron chi connectivity index (χ3n) is 2.86. The summed E-state index contributed by atoms with van der Waals surface area (Å²) in [7, 11) is -3.84. The topological polar surface area (TPSA) is 57.9 Å². The number of hydrogen-bond donors (Lipinski definition) is 0. The molecule has 0 unspecified atom stereocenters. The fourth-order valence-corrected chi connectivity index (χ4v) is 3.11. The minimum Gasteiger partial charge on any atom is -0.218 e. The lowest BCUT2D eigenvalue weighted by atomic mass is 10.1. The molecule has 3 nitrogen and oxygen atoms in total. The zero-order chi connectivity index (χ0) is 15.5. The molecule has 0 aromatic heterocycles. The molecule has 0 aliphatic rings. The van der Waals surface area contributed by atoms with E-state index in [0.717, 1.165) is 5.56 Å². The molecule has 5 heteroatoms. The predicted octanol–water partition coefficient (Wildman–Crippen LogP) is 3.99. The molecule has 0 bridgehead atoms. The number of benzene rings is 2. The maximum atomic E-state index is 12.4. The number of nitrogens with zero attached hydrogens (tertiary/aromatic N) is 1. The first-order valence-electron chi connectivity index (χ1n) is 6.12. The smallest absolute Gasteiger partial charge is 0.216 e. The van der Waals surface area contributed by atoms with Crippen molar-refractivity contribution in [2.24, 2.45) is 0 Å². The Hall–Kier alpha value is -2.09. The van der Waals surface area contributed by atoms with Gasteiger partial charge in [-0.15, -0.1) is 0 Å². The lowest BCUT2D eigenvalue weighted by Gasteiger charge is -2.03. The lowest BCUT2D eigenvalue weighted by molar-refractivity contribution is 0.603. The molecule has 0 fully saturated rings. The van der Waals surface area contributed by atoms with Gasteiger partial charge in [0.1, 0.15) is 11.0 Å². The first-order valence-corrected chi connectivity index (χ1v) is 7.99. The van der Waals surface area contributed by atoms with Crippen molar-refractivity contribution in [2.45, 2.75) is 11.8 Å². The van der Waals surface area contributed by atoms with Gasteiger partial charge in [0, 0.05) is 5.02 Å². The summed E-state index contributed by atoms with van der Waals surface area (Å²) in [6, 6.07) is 14.8. The molecule has 0 amide bonds. The molecule has 0 atom stereocenters. The maximum absolute atomic E-state index is 12.4. The van der Waals surface area contributed by atoms with E-state index in [0.29, 0.717) is 10.6 Å². The Morgan fingerprint density at radius 2 is 1.86 bits per heavy atom. The molecule has 0 saturated heterocycles. The van der Waals surface area contributed by atoms with Crippen LogP contribution in [0.3, 0.4) is 0 Å². The average Bonchev–Trinajstić information content (AvgIpc) is 2.45. The van der Waals surface area contributed by atoms with Crippen molar-refractivity contribution < 1.29 is 8.42 Å². The van der Waals surface area contributed by atoms with Crippen LogP contribution in [-0.4, -0.2) is 8.42 Å². The summed E-state index contributed by atoms with van der Waals surface area (Å²) in [5.41, 5.74) is 1.66. The van der Waals surface area contributed by atoms with Gasteiger partial charge in [0.05, 0.1) is 4.90 Å². The van der Waals surface area contributed by atoms with Gasteiger partial charge in [0.2, 0.25) is 9.84 Å². The van der Waals surface area contributed by atoms with Gasteiger partial charge in [0.15, 0.2) is 0 Å². The highest BCUT2D eigenvalue weighted by Gasteiger charge is 2.20. The van der Waals surface area contributed by atoms with Crippen molar-refractivity contribution in [3.05, 3.63) is 69.6 Å². The Bertz CT molecular complexity index is 831. The molecule has 0 aliphatic carbocycles. The third kappa shape index (κ3) is 3.52. The quantitative estimate of drug-likeness (QED) is 0.804. The SMILES string of the molecule is Cc1cccc(/C=C(\C#N)S(=O)(=O)c2ccc(Cl)cc2)c1. The van der Waals surface area contributed by atoms with Crippen LogP contribution in [0.1, 0.15) is 11.1 Å². The fourth-order valence-electron chi connectivity index (χ4n) is 1.82. The highest BCUT2D eigenvalue weighted by molar-refractivity contribution is 7.95. The molecule has 2 aromatic carbocycles. The first kappa shape index (κ1) is 15.3. The minimum atomic E-state index is -3.84. The van der Waals surface area contributed by atoms with Crippen LogP contribution in [0.2, 0.25) is 5.02 Å². The lowest BCUT2D eigenvalue weighted by Crippen LogP contribution is -2.03. The van der Waals surface area contributed by atoms with Crippen molar-refractivity contribution >= 4 is 27.5 Å².